The molecule has 4 fully saturated rings. The van der Waals surface area contributed by atoms with Crippen molar-refractivity contribution in [1.82, 2.24) is 13.9 Å². The molecule has 4 saturated carbocycles. The van der Waals surface area contributed by atoms with Gasteiger partial charge in [-0.2, -0.15) is 0 Å². The minimum atomic E-state index is -1.20. The highest BCUT2D eigenvalue weighted by atomic mass is 19.1. The molecule has 2 aromatic rings. The fourth-order valence-electron chi connectivity index (χ4n) is 6.77. The summed E-state index contributed by atoms with van der Waals surface area (Å²) in [4.78, 5) is 25.6. The van der Waals surface area contributed by atoms with Gasteiger partial charge in [0.25, 0.3) is 0 Å². The Labute approximate surface area is 123 Å². The Balaban J connectivity index is 1.57. The van der Waals surface area contributed by atoms with Gasteiger partial charge in [0, 0.05) is 11.8 Å². The molecule has 8 rings (SSSR count). The Kier molecular flexibility index (Phi) is 1.27. The SMILES string of the molecule is O=c1n(-c2ccccc2)c(=O)n2n1[C@H]1[C@@H]3[C@@H]4[C@@H]5[C@@H]3[C@H]2[C@]5(F)[C@H]41. The van der Waals surface area contributed by atoms with E-state index in [1.165, 1.54) is 9.25 Å². The van der Waals surface area contributed by atoms with E-state index in [1.54, 1.807) is 28.9 Å². The van der Waals surface area contributed by atoms with Gasteiger partial charge in [-0.15, -0.1) is 0 Å². The summed E-state index contributed by atoms with van der Waals surface area (Å²) >= 11 is 0. The Morgan fingerprint density at radius 1 is 0.909 bits per heavy atom. The van der Waals surface area contributed by atoms with E-state index in [4.69, 9.17) is 0 Å². The first-order chi connectivity index (χ1) is 10.7. The van der Waals surface area contributed by atoms with E-state index in [0.29, 0.717) is 23.4 Å². The highest BCUT2D eigenvalue weighted by molar-refractivity contribution is 5.45. The van der Waals surface area contributed by atoms with Crippen LogP contribution in [0.15, 0.2) is 39.9 Å². The smallest absolute Gasteiger partial charge is 0.245 e. The van der Waals surface area contributed by atoms with Gasteiger partial charge in [-0.1, -0.05) is 18.2 Å². The highest BCUT2D eigenvalue weighted by Crippen LogP contribution is 2.94. The van der Waals surface area contributed by atoms with Gasteiger partial charge in [-0.25, -0.2) is 27.9 Å². The minimum Gasteiger partial charge on any atom is -0.245 e. The van der Waals surface area contributed by atoms with E-state index < -0.39 is 11.7 Å². The van der Waals surface area contributed by atoms with Gasteiger partial charge in [-0.05, 0) is 29.9 Å². The van der Waals surface area contributed by atoms with E-state index in [-0.39, 0.29) is 29.3 Å². The number of alkyl halides is 1. The van der Waals surface area contributed by atoms with Crippen molar-refractivity contribution in [3.63, 3.8) is 0 Å². The number of rotatable bonds is 1. The number of hydrogen-bond donors (Lipinski definition) is 0. The Bertz CT molecular complexity index is 1000. The van der Waals surface area contributed by atoms with E-state index in [2.05, 4.69) is 0 Å². The van der Waals surface area contributed by atoms with Crippen molar-refractivity contribution < 1.29 is 4.39 Å². The maximum atomic E-state index is 15.2. The molecule has 2 bridgehead atoms. The molecular formula is C16H12FN3O2. The summed E-state index contributed by atoms with van der Waals surface area (Å²) in [7, 11) is 0. The fourth-order valence-corrected chi connectivity index (χ4v) is 6.77. The molecular weight excluding hydrogens is 285 g/mol. The Morgan fingerprint density at radius 3 is 2.36 bits per heavy atom. The quantitative estimate of drug-likeness (QED) is 0.779. The molecule has 1 aromatic carbocycles. The summed E-state index contributed by atoms with van der Waals surface area (Å²) in [5.41, 5.74) is -1.32. The predicted molar refractivity (Wildman–Crippen MR) is 73.7 cm³/mol. The molecule has 5 nitrogen and oxygen atoms in total. The average Bonchev–Trinajstić information content (AvgIpc) is 2.72. The second-order valence-corrected chi connectivity index (χ2v) is 7.47. The van der Waals surface area contributed by atoms with Gasteiger partial charge in [0.05, 0.1) is 17.8 Å². The summed E-state index contributed by atoms with van der Waals surface area (Å²) in [6, 6.07) is 8.45. The van der Waals surface area contributed by atoms with Crippen molar-refractivity contribution >= 4 is 0 Å². The summed E-state index contributed by atoms with van der Waals surface area (Å²) in [5, 5.41) is 0. The highest BCUT2D eigenvalue weighted by Gasteiger charge is 2.98. The zero-order valence-electron chi connectivity index (χ0n) is 11.5. The van der Waals surface area contributed by atoms with E-state index >= 15 is 4.39 Å². The molecule has 0 N–H and O–H groups in total. The maximum absolute atomic E-state index is 15.2. The summed E-state index contributed by atoms with van der Waals surface area (Å²) in [6.45, 7) is 0. The van der Waals surface area contributed by atoms with Crippen LogP contribution in [0.25, 0.3) is 5.69 Å². The fraction of sp³-hybridized carbons (Fsp3) is 0.500. The topological polar surface area (TPSA) is 48.9 Å². The molecule has 0 amide bonds. The summed E-state index contributed by atoms with van der Waals surface area (Å²) in [5.74, 6) is 1.41. The van der Waals surface area contributed by atoms with Crippen molar-refractivity contribution in [2.45, 2.75) is 17.8 Å². The number of hydrogen-bond acceptors (Lipinski definition) is 2. The standard InChI is InChI=1S/C16H12FN3O2/c17-16-10-8-7-9(10)13(16)20-15(22)18(6-4-2-1-3-5-6)14(21)19(20)12(7)11(8)16/h1-5,7-13H/t7-,8-,9-,10-,11-,12+,13+,16-/m1/s1. The molecule has 0 unspecified atom stereocenters. The van der Waals surface area contributed by atoms with E-state index in [1.807, 2.05) is 6.07 Å². The van der Waals surface area contributed by atoms with E-state index in [0.717, 1.165) is 0 Å². The Hall–Kier alpha value is -2.11. The third-order valence-corrected chi connectivity index (χ3v) is 7.30. The number of aromatic nitrogens is 3. The molecule has 3 heterocycles. The number of benzene rings is 1. The zero-order chi connectivity index (χ0) is 14.5. The van der Waals surface area contributed by atoms with Crippen LogP contribution in [0, 0.1) is 29.6 Å². The van der Waals surface area contributed by atoms with Crippen molar-refractivity contribution in [2.24, 2.45) is 29.6 Å². The number of para-hydroxylation sites is 1. The van der Waals surface area contributed by atoms with Crippen LogP contribution in [0.4, 0.5) is 4.39 Å². The zero-order valence-corrected chi connectivity index (χ0v) is 11.5. The molecule has 0 saturated heterocycles. The second-order valence-electron chi connectivity index (χ2n) is 7.47. The van der Waals surface area contributed by atoms with Gasteiger partial charge in [0.15, 0.2) is 0 Å². The molecule has 0 spiro atoms. The van der Waals surface area contributed by atoms with Gasteiger partial charge in [0.1, 0.15) is 5.67 Å². The second kappa shape index (κ2) is 2.64. The van der Waals surface area contributed by atoms with Crippen LogP contribution in [-0.2, 0) is 0 Å². The molecule has 6 heteroatoms. The van der Waals surface area contributed by atoms with Crippen LogP contribution < -0.4 is 11.4 Å². The van der Waals surface area contributed by atoms with E-state index in [9.17, 15) is 9.59 Å². The molecule has 0 radical (unpaired) electrons. The normalized spacial score (nSPS) is 50.1. The lowest BCUT2D eigenvalue weighted by Gasteiger charge is -2.93. The van der Waals surface area contributed by atoms with Crippen LogP contribution in [0.2, 0.25) is 0 Å². The van der Waals surface area contributed by atoms with Crippen molar-refractivity contribution in [1.29, 1.82) is 0 Å². The largest absolute Gasteiger partial charge is 0.352 e. The summed E-state index contributed by atoms with van der Waals surface area (Å²) in [6.07, 6.45) is 0. The molecule has 2 aliphatic heterocycles. The van der Waals surface area contributed by atoms with Gasteiger partial charge in [0.2, 0.25) is 0 Å². The third kappa shape index (κ3) is 0.661. The van der Waals surface area contributed by atoms with Crippen molar-refractivity contribution in [3.05, 3.63) is 51.3 Å². The third-order valence-electron chi connectivity index (χ3n) is 7.30. The molecule has 1 aromatic heterocycles. The lowest BCUT2D eigenvalue weighted by atomic mass is 9.15. The first-order valence-electron chi connectivity index (χ1n) is 7.88. The summed E-state index contributed by atoms with van der Waals surface area (Å²) < 4.78 is 19.4. The number of halogens is 1. The molecule has 110 valence electrons. The molecule has 6 aliphatic rings. The number of nitrogens with zero attached hydrogens (tertiary/aromatic N) is 3. The van der Waals surface area contributed by atoms with Crippen LogP contribution in [0.5, 0.6) is 0 Å². The lowest BCUT2D eigenvalue weighted by molar-refractivity contribution is -0.495. The maximum Gasteiger partial charge on any atom is 0.352 e. The van der Waals surface area contributed by atoms with Crippen molar-refractivity contribution in [2.75, 3.05) is 0 Å². The van der Waals surface area contributed by atoms with Crippen LogP contribution in [0.1, 0.15) is 12.1 Å². The van der Waals surface area contributed by atoms with Crippen LogP contribution in [0.3, 0.4) is 0 Å². The average molecular weight is 297 g/mol. The first-order valence-corrected chi connectivity index (χ1v) is 7.88. The van der Waals surface area contributed by atoms with Crippen molar-refractivity contribution in [3.8, 4) is 5.69 Å². The molecule has 22 heavy (non-hydrogen) atoms. The minimum absolute atomic E-state index is 0.0128. The first kappa shape index (κ1) is 10.6. The van der Waals surface area contributed by atoms with Gasteiger partial charge in [-0.3, -0.25) is 0 Å². The predicted octanol–water partition coefficient (Wildman–Crippen LogP) is 0.740. The molecule has 8 atom stereocenters. The van der Waals surface area contributed by atoms with Crippen LogP contribution in [-0.4, -0.2) is 19.6 Å². The lowest BCUT2D eigenvalue weighted by Crippen LogP contribution is -2.98. The van der Waals surface area contributed by atoms with Crippen LogP contribution >= 0.6 is 0 Å². The Morgan fingerprint density at radius 2 is 1.64 bits per heavy atom. The molecule has 4 aliphatic carbocycles. The van der Waals surface area contributed by atoms with Gasteiger partial charge < -0.3 is 0 Å². The van der Waals surface area contributed by atoms with Gasteiger partial charge >= 0.3 is 11.4 Å². The monoisotopic (exact) mass is 297 g/mol.